The van der Waals surface area contributed by atoms with Crippen LogP contribution in [0.2, 0.25) is 0 Å². The third-order valence-corrected chi connectivity index (χ3v) is 4.60. The van der Waals surface area contributed by atoms with Crippen LogP contribution in [0, 0.1) is 5.92 Å². The van der Waals surface area contributed by atoms with E-state index in [-0.39, 0.29) is 18.4 Å². The van der Waals surface area contributed by atoms with Crippen molar-refractivity contribution >= 4 is 11.9 Å². The Kier molecular flexibility index (Phi) is 3.68. The maximum Gasteiger partial charge on any atom is 0.316 e. The molecule has 0 saturated carbocycles. The lowest BCUT2D eigenvalue weighted by molar-refractivity contribution is -0.143. The Labute approximate surface area is 123 Å². The molecular formula is C16H19NO4. The Morgan fingerprint density at radius 2 is 2.05 bits per heavy atom. The predicted octanol–water partition coefficient (Wildman–Crippen LogP) is 1.28. The van der Waals surface area contributed by atoms with Crippen LogP contribution in [0.5, 0.6) is 0 Å². The van der Waals surface area contributed by atoms with E-state index in [0.29, 0.717) is 26.2 Å². The van der Waals surface area contributed by atoms with Crippen LogP contribution in [0.3, 0.4) is 0 Å². The van der Waals surface area contributed by atoms with Gasteiger partial charge >= 0.3 is 5.97 Å². The van der Waals surface area contributed by atoms with Gasteiger partial charge in [-0.15, -0.1) is 0 Å². The van der Waals surface area contributed by atoms with Gasteiger partial charge in [0.2, 0.25) is 5.91 Å². The zero-order valence-corrected chi connectivity index (χ0v) is 11.8. The highest BCUT2D eigenvalue weighted by Crippen LogP contribution is 2.36. The minimum Gasteiger partial charge on any atom is -0.481 e. The number of amides is 1. The molecule has 0 radical (unpaired) electrons. The quantitative estimate of drug-likeness (QED) is 0.910. The van der Waals surface area contributed by atoms with Crippen molar-refractivity contribution in [2.24, 2.45) is 5.92 Å². The average Bonchev–Trinajstić information content (AvgIpc) is 3.18. The van der Waals surface area contributed by atoms with Crippen LogP contribution in [-0.2, 0) is 19.7 Å². The van der Waals surface area contributed by atoms with E-state index in [0.717, 1.165) is 12.0 Å². The molecule has 2 fully saturated rings. The number of benzene rings is 1. The van der Waals surface area contributed by atoms with Gasteiger partial charge in [-0.05, 0) is 18.4 Å². The van der Waals surface area contributed by atoms with Gasteiger partial charge in [-0.2, -0.15) is 0 Å². The average molecular weight is 289 g/mol. The minimum absolute atomic E-state index is 0.0338. The van der Waals surface area contributed by atoms with Gasteiger partial charge in [0.1, 0.15) is 5.41 Å². The highest BCUT2D eigenvalue weighted by molar-refractivity contribution is 5.86. The summed E-state index contributed by atoms with van der Waals surface area (Å²) in [4.78, 5) is 26.0. The van der Waals surface area contributed by atoms with Gasteiger partial charge in [-0.3, -0.25) is 9.59 Å². The summed E-state index contributed by atoms with van der Waals surface area (Å²) in [6.07, 6.45) is 1.20. The number of aliphatic carboxylic acids is 1. The molecular weight excluding hydrogens is 270 g/mol. The molecule has 0 bridgehead atoms. The van der Waals surface area contributed by atoms with E-state index in [9.17, 15) is 14.7 Å². The molecule has 2 heterocycles. The molecule has 2 atom stereocenters. The first kappa shape index (κ1) is 14.1. The summed E-state index contributed by atoms with van der Waals surface area (Å²) < 4.78 is 5.26. The van der Waals surface area contributed by atoms with Crippen molar-refractivity contribution in [1.29, 1.82) is 0 Å². The number of carboxylic acid groups (broad SMARTS) is 1. The van der Waals surface area contributed by atoms with Crippen molar-refractivity contribution in [2.75, 3.05) is 26.3 Å². The zero-order chi connectivity index (χ0) is 14.9. The van der Waals surface area contributed by atoms with Crippen LogP contribution in [0.25, 0.3) is 0 Å². The Hall–Kier alpha value is -1.88. The van der Waals surface area contributed by atoms with Crippen LogP contribution >= 0.6 is 0 Å². The maximum absolute atomic E-state index is 12.4. The van der Waals surface area contributed by atoms with E-state index < -0.39 is 11.4 Å². The highest BCUT2D eigenvalue weighted by Gasteiger charge is 2.48. The predicted molar refractivity (Wildman–Crippen MR) is 75.9 cm³/mol. The van der Waals surface area contributed by atoms with Gasteiger partial charge in [0.05, 0.1) is 12.5 Å². The zero-order valence-electron chi connectivity index (χ0n) is 11.8. The molecule has 0 spiro atoms. The first-order valence-electron chi connectivity index (χ1n) is 7.29. The lowest BCUT2D eigenvalue weighted by Gasteiger charge is -2.26. The Balaban J connectivity index is 1.82. The molecule has 2 aliphatic rings. The fourth-order valence-corrected chi connectivity index (χ4v) is 3.28. The molecule has 5 heteroatoms. The lowest BCUT2D eigenvalue weighted by atomic mass is 9.80. The molecule has 1 aromatic rings. The number of likely N-dealkylation sites (tertiary alicyclic amines) is 1. The first-order chi connectivity index (χ1) is 10.1. The summed E-state index contributed by atoms with van der Waals surface area (Å²) in [5.41, 5.74) is -0.202. The van der Waals surface area contributed by atoms with Crippen molar-refractivity contribution < 1.29 is 19.4 Å². The molecule has 2 saturated heterocycles. The highest BCUT2D eigenvalue weighted by atomic mass is 16.5. The third kappa shape index (κ3) is 2.42. The summed E-state index contributed by atoms with van der Waals surface area (Å²) in [6.45, 7) is 1.83. The minimum atomic E-state index is -0.976. The maximum atomic E-state index is 12.4. The molecule has 21 heavy (non-hydrogen) atoms. The van der Waals surface area contributed by atoms with Crippen LogP contribution in [0.15, 0.2) is 30.3 Å². The van der Waals surface area contributed by atoms with Crippen molar-refractivity contribution in [1.82, 2.24) is 4.90 Å². The fraction of sp³-hybridized carbons (Fsp3) is 0.500. The van der Waals surface area contributed by atoms with E-state index in [4.69, 9.17) is 4.74 Å². The number of hydrogen-bond acceptors (Lipinski definition) is 3. The Morgan fingerprint density at radius 1 is 1.29 bits per heavy atom. The van der Waals surface area contributed by atoms with Crippen LogP contribution in [-0.4, -0.2) is 48.2 Å². The van der Waals surface area contributed by atoms with Gasteiger partial charge < -0.3 is 14.7 Å². The van der Waals surface area contributed by atoms with Crippen LogP contribution in [0.1, 0.15) is 18.4 Å². The standard InChI is InChI=1S/C16H19NO4/c18-14(12-6-9-21-10-12)17-8-7-16(11-17,15(19)20)13-4-2-1-3-5-13/h1-5,12H,6-11H2,(H,19,20). The fourth-order valence-electron chi connectivity index (χ4n) is 3.28. The normalized spacial score (nSPS) is 28.8. The monoisotopic (exact) mass is 289 g/mol. The van der Waals surface area contributed by atoms with Gasteiger partial charge in [-0.1, -0.05) is 30.3 Å². The molecule has 2 aliphatic heterocycles. The summed E-state index contributed by atoms with van der Waals surface area (Å²) in [7, 11) is 0. The van der Waals surface area contributed by atoms with Gasteiger partial charge in [0.25, 0.3) is 0 Å². The second-order valence-corrected chi connectivity index (χ2v) is 5.82. The van der Waals surface area contributed by atoms with E-state index in [1.54, 1.807) is 4.90 Å². The lowest BCUT2D eigenvalue weighted by Crippen LogP contribution is -2.42. The van der Waals surface area contributed by atoms with E-state index in [1.807, 2.05) is 30.3 Å². The second kappa shape index (κ2) is 5.48. The second-order valence-electron chi connectivity index (χ2n) is 5.82. The summed E-state index contributed by atoms with van der Waals surface area (Å²) in [5, 5.41) is 9.72. The Morgan fingerprint density at radius 3 is 2.67 bits per heavy atom. The smallest absolute Gasteiger partial charge is 0.316 e. The molecule has 1 amide bonds. The third-order valence-electron chi connectivity index (χ3n) is 4.60. The number of carboxylic acids is 1. The number of carbonyl (C=O) groups is 2. The molecule has 0 aromatic heterocycles. The van der Waals surface area contributed by atoms with E-state index >= 15 is 0 Å². The van der Waals surface area contributed by atoms with E-state index in [2.05, 4.69) is 0 Å². The molecule has 3 rings (SSSR count). The number of ether oxygens (including phenoxy) is 1. The topological polar surface area (TPSA) is 66.8 Å². The first-order valence-corrected chi connectivity index (χ1v) is 7.29. The van der Waals surface area contributed by atoms with Gasteiger partial charge in [0.15, 0.2) is 0 Å². The number of hydrogen-bond donors (Lipinski definition) is 1. The number of nitrogens with zero attached hydrogens (tertiary/aromatic N) is 1. The Bertz CT molecular complexity index is 538. The molecule has 5 nitrogen and oxygen atoms in total. The van der Waals surface area contributed by atoms with Crippen molar-refractivity contribution in [3.05, 3.63) is 35.9 Å². The SMILES string of the molecule is O=C(C1CCOC1)N1CCC(C(=O)O)(c2ccccc2)C1. The number of rotatable bonds is 3. The summed E-state index contributed by atoms with van der Waals surface area (Å²) in [6, 6.07) is 9.22. The van der Waals surface area contributed by atoms with Gasteiger partial charge in [-0.25, -0.2) is 0 Å². The van der Waals surface area contributed by atoms with Crippen molar-refractivity contribution in [3.8, 4) is 0 Å². The molecule has 112 valence electrons. The van der Waals surface area contributed by atoms with E-state index in [1.165, 1.54) is 0 Å². The largest absolute Gasteiger partial charge is 0.481 e. The molecule has 1 aromatic carbocycles. The van der Waals surface area contributed by atoms with Gasteiger partial charge in [0, 0.05) is 19.7 Å². The van der Waals surface area contributed by atoms with Crippen LogP contribution in [0.4, 0.5) is 0 Å². The molecule has 2 unspecified atom stereocenters. The summed E-state index contributed by atoms with van der Waals surface area (Å²) >= 11 is 0. The number of carbonyl (C=O) groups excluding carboxylic acids is 1. The van der Waals surface area contributed by atoms with Crippen LogP contribution < -0.4 is 0 Å². The van der Waals surface area contributed by atoms with Crippen molar-refractivity contribution in [3.63, 3.8) is 0 Å². The molecule has 1 N–H and O–H groups in total. The summed E-state index contributed by atoms with van der Waals surface area (Å²) in [5.74, 6) is -0.927. The van der Waals surface area contributed by atoms with Crippen molar-refractivity contribution in [2.45, 2.75) is 18.3 Å². The molecule has 0 aliphatic carbocycles.